The van der Waals surface area contributed by atoms with Crippen LogP contribution in [0.4, 0.5) is 0 Å². The maximum absolute atomic E-state index is 9.01. The Kier molecular flexibility index (Phi) is 5.44. The Morgan fingerprint density at radius 1 is 1.17 bits per heavy atom. The van der Waals surface area contributed by atoms with E-state index in [4.69, 9.17) is 14.6 Å². The van der Waals surface area contributed by atoms with Gasteiger partial charge in [-0.25, -0.2) is 0 Å². The predicted octanol–water partition coefficient (Wildman–Crippen LogP) is 1.74. The van der Waals surface area contributed by atoms with Gasteiger partial charge < -0.3 is 14.6 Å². The molecule has 1 N–H and O–H groups in total. The molecule has 0 atom stereocenters. The van der Waals surface area contributed by atoms with E-state index in [0.717, 1.165) is 41.2 Å². The fourth-order valence-electron chi connectivity index (χ4n) is 1.99. The van der Waals surface area contributed by atoms with Crippen molar-refractivity contribution < 1.29 is 14.6 Å². The third-order valence-corrected chi connectivity index (χ3v) is 3.30. The van der Waals surface area contributed by atoms with Gasteiger partial charge in [0.05, 0.1) is 21.0 Å². The van der Waals surface area contributed by atoms with Crippen LogP contribution in [0.2, 0.25) is 0 Å². The van der Waals surface area contributed by atoms with Crippen LogP contribution >= 0.6 is 0 Å². The van der Waals surface area contributed by atoms with Gasteiger partial charge in [-0.15, -0.1) is 0 Å². The second kappa shape index (κ2) is 6.61. The Hall–Kier alpha value is -1.26. The minimum Gasteiger partial charge on any atom is -0.496 e. The van der Waals surface area contributed by atoms with E-state index < -0.39 is 0 Å². The van der Waals surface area contributed by atoms with Gasteiger partial charge in [0.2, 0.25) is 0 Å². The molecule has 0 aliphatic heterocycles. The van der Waals surface area contributed by atoms with Crippen molar-refractivity contribution in [3.63, 3.8) is 0 Å². The first-order valence-electron chi connectivity index (χ1n) is 6.05. The molecule has 0 radical (unpaired) electrons. The van der Waals surface area contributed by atoms with Crippen LogP contribution in [-0.4, -0.2) is 44.5 Å². The highest BCUT2D eigenvalue weighted by Crippen LogP contribution is 2.33. The number of hydrogen-bond acceptors (Lipinski definition) is 4. The van der Waals surface area contributed by atoms with Crippen LogP contribution in [0.15, 0.2) is 6.07 Å². The molecule has 4 heteroatoms. The summed E-state index contributed by atoms with van der Waals surface area (Å²) in [6.07, 6.45) is 0.817. The van der Waals surface area contributed by atoms with Crippen molar-refractivity contribution in [3.05, 3.63) is 22.8 Å². The van der Waals surface area contributed by atoms with E-state index in [1.807, 2.05) is 31.9 Å². The van der Waals surface area contributed by atoms with Crippen molar-refractivity contribution in [3.8, 4) is 11.5 Å². The van der Waals surface area contributed by atoms with Crippen LogP contribution < -0.4 is 9.47 Å². The minimum absolute atomic E-state index is 0.0598. The largest absolute Gasteiger partial charge is 0.496 e. The van der Waals surface area contributed by atoms with Gasteiger partial charge in [-0.1, -0.05) is 0 Å². The average Bonchev–Trinajstić information content (AvgIpc) is 2.39. The van der Waals surface area contributed by atoms with Crippen LogP contribution in [0.3, 0.4) is 0 Å². The molecule has 102 valence electrons. The molecule has 0 heterocycles. The summed E-state index contributed by atoms with van der Waals surface area (Å²) >= 11 is 0. The third-order valence-electron chi connectivity index (χ3n) is 3.30. The van der Waals surface area contributed by atoms with Crippen molar-refractivity contribution in [1.29, 1.82) is 0 Å². The third kappa shape index (κ3) is 3.15. The van der Waals surface area contributed by atoms with Gasteiger partial charge in [0.25, 0.3) is 0 Å². The molecular weight excluding hydrogens is 230 g/mol. The number of aliphatic hydroxyl groups is 1. The molecule has 0 saturated carbocycles. The molecule has 0 aliphatic carbocycles. The summed E-state index contributed by atoms with van der Waals surface area (Å²) in [6, 6.07) is 2.02. The fraction of sp³-hybridized carbons (Fsp3) is 0.571. The van der Waals surface area contributed by atoms with Crippen molar-refractivity contribution in [1.82, 2.24) is 4.90 Å². The second-order valence-electron chi connectivity index (χ2n) is 4.49. The minimum atomic E-state index is 0.0598. The van der Waals surface area contributed by atoms with E-state index in [1.54, 1.807) is 14.2 Å². The number of ether oxygens (including phenoxy) is 2. The van der Waals surface area contributed by atoms with Crippen molar-refractivity contribution in [2.24, 2.45) is 0 Å². The molecule has 0 bridgehead atoms. The van der Waals surface area contributed by atoms with Gasteiger partial charge in [-0.2, -0.15) is 0 Å². The first-order chi connectivity index (χ1) is 8.54. The molecule has 0 fully saturated rings. The molecule has 1 aromatic rings. The zero-order valence-corrected chi connectivity index (χ0v) is 11.9. The van der Waals surface area contributed by atoms with Crippen LogP contribution in [-0.2, 0) is 6.42 Å². The molecule has 0 spiro atoms. The lowest BCUT2D eigenvalue weighted by atomic mass is 10.0. The van der Waals surface area contributed by atoms with Gasteiger partial charge in [0.1, 0.15) is 11.5 Å². The van der Waals surface area contributed by atoms with Crippen LogP contribution in [0, 0.1) is 13.8 Å². The maximum atomic E-state index is 9.01. The molecule has 4 nitrogen and oxygen atoms in total. The van der Waals surface area contributed by atoms with E-state index >= 15 is 0 Å². The second-order valence-corrected chi connectivity index (χ2v) is 4.49. The SMILES string of the molecule is COc1cc(CCN(C)CO)c(OC)c(C)c1C. The first-order valence-corrected chi connectivity index (χ1v) is 6.05. The topological polar surface area (TPSA) is 41.9 Å². The van der Waals surface area contributed by atoms with Crippen molar-refractivity contribution in [2.45, 2.75) is 20.3 Å². The summed E-state index contributed by atoms with van der Waals surface area (Å²) in [5.74, 6) is 1.80. The average molecular weight is 253 g/mol. The number of benzene rings is 1. The molecule has 18 heavy (non-hydrogen) atoms. The Morgan fingerprint density at radius 3 is 2.33 bits per heavy atom. The lowest BCUT2D eigenvalue weighted by Gasteiger charge is -2.18. The molecule has 0 amide bonds. The number of rotatable bonds is 6. The van der Waals surface area contributed by atoms with E-state index in [-0.39, 0.29) is 6.73 Å². The quantitative estimate of drug-likeness (QED) is 0.784. The molecule has 0 aromatic heterocycles. The highest BCUT2D eigenvalue weighted by atomic mass is 16.5. The monoisotopic (exact) mass is 253 g/mol. The Morgan fingerprint density at radius 2 is 1.83 bits per heavy atom. The lowest BCUT2D eigenvalue weighted by Crippen LogP contribution is -2.22. The number of likely N-dealkylation sites (N-methyl/N-ethyl adjacent to an activating group) is 1. The smallest absolute Gasteiger partial charge is 0.125 e. The summed E-state index contributed by atoms with van der Waals surface area (Å²) in [4.78, 5) is 1.85. The van der Waals surface area contributed by atoms with Gasteiger partial charge in [0, 0.05) is 6.54 Å². The zero-order valence-electron chi connectivity index (χ0n) is 11.9. The first kappa shape index (κ1) is 14.8. The number of aliphatic hydroxyl groups excluding tert-OH is 1. The van der Waals surface area contributed by atoms with Crippen LogP contribution in [0.5, 0.6) is 11.5 Å². The maximum Gasteiger partial charge on any atom is 0.125 e. The summed E-state index contributed by atoms with van der Waals surface area (Å²) in [6.45, 7) is 4.90. The highest BCUT2D eigenvalue weighted by molar-refractivity contribution is 5.52. The van der Waals surface area contributed by atoms with Crippen LogP contribution in [0.25, 0.3) is 0 Å². The molecule has 0 aliphatic rings. The molecular formula is C14H23NO3. The number of nitrogens with zero attached hydrogens (tertiary/aromatic N) is 1. The standard InChI is InChI=1S/C14H23NO3/c1-10-11(2)14(18-5)12(8-13(10)17-4)6-7-15(3)9-16/h8,16H,6-7,9H2,1-5H3. The molecule has 0 unspecified atom stereocenters. The summed E-state index contributed by atoms with van der Waals surface area (Å²) in [5, 5.41) is 9.01. The normalized spacial score (nSPS) is 10.8. The van der Waals surface area contributed by atoms with Gasteiger partial charge in [-0.05, 0) is 50.1 Å². The summed E-state index contributed by atoms with van der Waals surface area (Å²) in [5.41, 5.74) is 3.32. The van der Waals surface area contributed by atoms with Gasteiger partial charge in [0.15, 0.2) is 0 Å². The van der Waals surface area contributed by atoms with Gasteiger partial charge in [-0.3, -0.25) is 4.90 Å². The molecule has 1 rings (SSSR count). The highest BCUT2D eigenvalue weighted by Gasteiger charge is 2.14. The van der Waals surface area contributed by atoms with Crippen molar-refractivity contribution >= 4 is 0 Å². The Labute approximate surface area is 109 Å². The van der Waals surface area contributed by atoms with Crippen molar-refractivity contribution in [2.75, 3.05) is 34.5 Å². The number of hydrogen-bond donors (Lipinski definition) is 1. The molecule has 1 aromatic carbocycles. The lowest BCUT2D eigenvalue weighted by molar-refractivity contribution is 0.134. The Bertz CT molecular complexity index is 405. The van der Waals surface area contributed by atoms with E-state index in [9.17, 15) is 0 Å². The van der Waals surface area contributed by atoms with Gasteiger partial charge >= 0.3 is 0 Å². The zero-order chi connectivity index (χ0) is 13.7. The van der Waals surface area contributed by atoms with E-state index in [1.165, 1.54) is 0 Å². The fourth-order valence-corrected chi connectivity index (χ4v) is 1.99. The summed E-state index contributed by atoms with van der Waals surface area (Å²) < 4.78 is 10.9. The van der Waals surface area contributed by atoms with E-state index in [2.05, 4.69) is 0 Å². The van der Waals surface area contributed by atoms with E-state index in [0.29, 0.717) is 0 Å². The van der Waals surface area contributed by atoms with Crippen LogP contribution in [0.1, 0.15) is 16.7 Å². The summed E-state index contributed by atoms with van der Waals surface area (Å²) in [7, 11) is 5.25. The Balaban J connectivity index is 3.05. The predicted molar refractivity (Wildman–Crippen MR) is 72.4 cm³/mol. The molecule has 0 saturated heterocycles. The number of methoxy groups -OCH3 is 2.